The summed E-state index contributed by atoms with van der Waals surface area (Å²) in [6.45, 7) is 4.17. The molecule has 33 heavy (non-hydrogen) atoms. The molecule has 0 saturated heterocycles. The standard InChI is InChI=1S/C23H36N4O6/c1-18(28)24-19-10-12-20(13-11-19)33-23(32)27(4)17-7-15-25(2)14-6-16-26(3)21(29)8-5-9-22(30)31/h10-13H,5-9,14-17H2,1-4H3,(H,24,28)(H,30,31). The maximum absolute atomic E-state index is 12.2. The molecule has 3 amide bonds. The van der Waals surface area contributed by atoms with Gasteiger partial charge in [-0.3, -0.25) is 14.4 Å². The van der Waals surface area contributed by atoms with Crippen LogP contribution in [0.4, 0.5) is 10.5 Å². The molecule has 0 aliphatic heterocycles. The molecule has 0 radical (unpaired) electrons. The highest BCUT2D eigenvalue weighted by Gasteiger charge is 2.12. The molecule has 0 aliphatic carbocycles. The van der Waals surface area contributed by atoms with E-state index in [0.717, 1.165) is 25.9 Å². The van der Waals surface area contributed by atoms with Gasteiger partial charge in [-0.1, -0.05) is 0 Å². The number of ether oxygens (including phenoxy) is 1. The van der Waals surface area contributed by atoms with E-state index in [-0.39, 0.29) is 24.7 Å². The molecule has 1 rings (SSSR count). The number of carboxylic acid groups (broad SMARTS) is 1. The van der Waals surface area contributed by atoms with Crippen molar-refractivity contribution in [2.24, 2.45) is 0 Å². The molecule has 1 aromatic carbocycles. The number of amides is 3. The number of carbonyl (C=O) groups excluding carboxylic acids is 3. The number of nitrogens with zero attached hydrogens (tertiary/aromatic N) is 3. The van der Waals surface area contributed by atoms with E-state index in [1.54, 1.807) is 43.3 Å². The van der Waals surface area contributed by atoms with Crippen molar-refractivity contribution in [1.82, 2.24) is 14.7 Å². The summed E-state index contributed by atoms with van der Waals surface area (Å²) >= 11 is 0. The van der Waals surface area contributed by atoms with Crippen LogP contribution in [0, 0.1) is 0 Å². The second-order valence-electron chi connectivity index (χ2n) is 8.07. The molecule has 10 heteroatoms. The van der Waals surface area contributed by atoms with Crippen LogP contribution in [0.25, 0.3) is 0 Å². The van der Waals surface area contributed by atoms with Gasteiger partial charge in [0.05, 0.1) is 0 Å². The van der Waals surface area contributed by atoms with Gasteiger partial charge in [0.25, 0.3) is 0 Å². The fraction of sp³-hybridized carbons (Fsp3) is 0.565. The predicted molar refractivity (Wildman–Crippen MR) is 125 cm³/mol. The smallest absolute Gasteiger partial charge is 0.414 e. The third kappa shape index (κ3) is 12.5. The summed E-state index contributed by atoms with van der Waals surface area (Å²) in [6, 6.07) is 6.58. The van der Waals surface area contributed by atoms with Crippen LogP contribution in [-0.2, 0) is 14.4 Å². The Morgan fingerprint density at radius 2 is 1.42 bits per heavy atom. The van der Waals surface area contributed by atoms with Gasteiger partial charge in [0.2, 0.25) is 11.8 Å². The van der Waals surface area contributed by atoms with Crippen LogP contribution in [0.5, 0.6) is 5.75 Å². The zero-order chi connectivity index (χ0) is 24.8. The summed E-state index contributed by atoms with van der Waals surface area (Å²) in [4.78, 5) is 51.0. The predicted octanol–water partition coefficient (Wildman–Crippen LogP) is 2.50. The number of benzene rings is 1. The average Bonchev–Trinajstić information content (AvgIpc) is 2.74. The van der Waals surface area contributed by atoms with Crippen LogP contribution in [0.2, 0.25) is 0 Å². The van der Waals surface area contributed by atoms with Crippen molar-refractivity contribution in [3.8, 4) is 5.75 Å². The molecule has 184 valence electrons. The van der Waals surface area contributed by atoms with E-state index in [1.165, 1.54) is 11.8 Å². The minimum Gasteiger partial charge on any atom is -0.481 e. The Kier molecular flexibility index (Phi) is 12.5. The van der Waals surface area contributed by atoms with Crippen LogP contribution in [0.3, 0.4) is 0 Å². The molecule has 0 heterocycles. The van der Waals surface area contributed by atoms with E-state index in [9.17, 15) is 19.2 Å². The molecule has 1 aromatic rings. The van der Waals surface area contributed by atoms with Gasteiger partial charge < -0.3 is 29.9 Å². The first kappa shape index (κ1) is 27.9. The van der Waals surface area contributed by atoms with Gasteiger partial charge in [0.1, 0.15) is 5.75 Å². The van der Waals surface area contributed by atoms with Gasteiger partial charge >= 0.3 is 12.1 Å². The van der Waals surface area contributed by atoms with Gasteiger partial charge in [-0.05, 0) is 63.7 Å². The lowest BCUT2D eigenvalue weighted by Crippen LogP contribution is -2.33. The van der Waals surface area contributed by atoms with E-state index < -0.39 is 12.1 Å². The van der Waals surface area contributed by atoms with Gasteiger partial charge in [-0.15, -0.1) is 0 Å². The van der Waals surface area contributed by atoms with Gasteiger partial charge in [-0.25, -0.2) is 4.79 Å². The van der Waals surface area contributed by atoms with E-state index >= 15 is 0 Å². The lowest BCUT2D eigenvalue weighted by Gasteiger charge is -2.22. The fourth-order valence-corrected chi connectivity index (χ4v) is 3.05. The fourth-order valence-electron chi connectivity index (χ4n) is 3.05. The molecule has 0 saturated carbocycles. The van der Waals surface area contributed by atoms with Crippen molar-refractivity contribution in [2.75, 3.05) is 52.6 Å². The van der Waals surface area contributed by atoms with Crippen LogP contribution in [0.15, 0.2) is 24.3 Å². The average molecular weight is 465 g/mol. The topological polar surface area (TPSA) is 119 Å². The third-order valence-electron chi connectivity index (χ3n) is 4.97. The molecule has 0 spiro atoms. The third-order valence-corrected chi connectivity index (χ3v) is 4.97. The molecule has 0 bridgehead atoms. The Balaban J connectivity index is 2.21. The number of hydrogen-bond acceptors (Lipinski definition) is 6. The summed E-state index contributed by atoms with van der Waals surface area (Å²) in [5, 5.41) is 11.3. The number of hydrogen-bond donors (Lipinski definition) is 2. The highest BCUT2D eigenvalue weighted by molar-refractivity contribution is 5.88. The molecule has 0 fully saturated rings. The Morgan fingerprint density at radius 1 is 0.848 bits per heavy atom. The SMILES string of the molecule is CC(=O)Nc1ccc(OC(=O)N(C)CCCN(C)CCCN(C)C(=O)CCCC(=O)O)cc1. The second kappa shape index (κ2) is 14.8. The number of rotatable bonds is 14. The Bertz CT molecular complexity index is 784. The summed E-state index contributed by atoms with van der Waals surface area (Å²) < 4.78 is 5.34. The zero-order valence-electron chi connectivity index (χ0n) is 20.0. The highest BCUT2D eigenvalue weighted by atomic mass is 16.6. The molecule has 2 N–H and O–H groups in total. The van der Waals surface area contributed by atoms with Crippen molar-refractivity contribution in [2.45, 2.75) is 39.0 Å². The first-order valence-electron chi connectivity index (χ1n) is 11.0. The normalized spacial score (nSPS) is 10.6. The number of anilines is 1. The lowest BCUT2D eigenvalue weighted by atomic mass is 10.2. The van der Waals surface area contributed by atoms with Gasteiger partial charge in [0.15, 0.2) is 0 Å². The minimum absolute atomic E-state index is 0.00912. The molecule has 10 nitrogen and oxygen atoms in total. The maximum atomic E-state index is 12.2. The lowest BCUT2D eigenvalue weighted by molar-refractivity contribution is -0.137. The van der Waals surface area contributed by atoms with E-state index in [4.69, 9.17) is 9.84 Å². The summed E-state index contributed by atoms with van der Waals surface area (Å²) in [5.41, 5.74) is 0.632. The Morgan fingerprint density at radius 3 is 1.97 bits per heavy atom. The van der Waals surface area contributed by atoms with E-state index in [0.29, 0.717) is 30.9 Å². The van der Waals surface area contributed by atoms with Crippen LogP contribution in [-0.4, -0.2) is 91.0 Å². The quantitative estimate of drug-likeness (QED) is 0.434. The monoisotopic (exact) mass is 464 g/mol. The first-order chi connectivity index (χ1) is 15.6. The van der Waals surface area contributed by atoms with Crippen molar-refractivity contribution < 1.29 is 29.0 Å². The number of nitrogens with one attached hydrogen (secondary N) is 1. The molecule has 0 aromatic heterocycles. The molecule has 0 unspecified atom stereocenters. The zero-order valence-corrected chi connectivity index (χ0v) is 20.0. The van der Waals surface area contributed by atoms with Crippen LogP contribution < -0.4 is 10.1 Å². The number of aliphatic carboxylic acids is 1. The minimum atomic E-state index is -0.886. The summed E-state index contributed by atoms with van der Waals surface area (Å²) in [5.74, 6) is -0.690. The van der Waals surface area contributed by atoms with Gasteiger partial charge in [-0.2, -0.15) is 0 Å². The number of carbonyl (C=O) groups is 4. The Labute approximate surface area is 195 Å². The van der Waals surface area contributed by atoms with Crippen molar-refractivity contribution in [1.29, 1.82) is 0 Å². The number of carboxylic acids is 1. The summed E-state index contributed by atoms with van der Waals surface area (Å²) in [6.07, 6.45) is 1.75. The highest BCUT2D eigenvalue weighted by Crippen LogP contribution is 2.16. The van der Waals surface area contributed by atoms with Crippen LogP contribution >= 0.6 is 0 Å². The van der Waals surface area contributed by atoms with E-state index in [2.05, 4.69) is 10.2 Å². The van der Waals surface area contributed by atoms with Crippen molar-refractivity contribution >= 4 is 29.6 Å². The molecular formula is C23H36N4O6. The second-order valence-corrected chi connectivity index (χ2v) is 8.07. The van der Waals surface area contributed by atoms with Crippen molar-refractivity contribution in [3.05, 3.63) is 24.3 Å². The first-order valence-corrected chi connectivity index (χ1v) is 11.0. The molecule has 0 aliphatic rings. The van der Waals surface area contributed by atoms with Crippen LogP contribution in [0.1, 0.15) is 39.0 Å². The summed E-state index contributed by atoms with van der Waals surface area (Å²) in [7, 11) is 5.40. The molecular weight excluding hydrogens is 428 g/mol. The maximum Gasteiger partial charge on any atom is 0.414 e. The Hall–Kier alpha value is -3.14. The van der Waals surface area contributed by atoms with Crippen molar-refractivity contribution in [3.63, 3.8) is 0 Å². The molecule has 0 atom stereocenters. The largest absolute Gasteiger partial charge is 0.481 e. The van der Waals surface area contributed by atoms with E-state index in [1.807, 2.05) is 7.05 Å². The van der Waals surface area contributed by atoms with Gasteiger partial charge in [0, 0.05) is 52.6 Å².